The predicted octanol–water partition coefficient (Wildman–Crippen LogP) is 8.01. The lowest BCUT2D eigenvalue weighted by Gasteiger charge is -2.11. The van der Waals surface area contributed by atoms with Crippen molar-refractivity contribution in [3.8, 4) is 23.1 Å². The number of benzene rings is 2. The molecule has 1 N–H and O–H groups in total. The molecule has 3 rings (SSSR count). The van der Waals surface area contributed by atoms with Crippen LogP contribution < -0.4 is 0 Å². The first-order valence-electron chi connectivity index (χ1n) is 9.66. The summed E-state index contributed by atoms with van der Waals surface area (Å²) in [6.45, 7) is 3.22. The summed E-state index contributed by atoms with van der Waals surface area (Å²) in [5, 5.41) is 21.2. The molecule has 0 aliphatic carbocycles. The Hall–Kier alpha value is -2.14. The van der Waals surface area contributed by atoms with Gasteiger partial charge < -0.3 is 9.84 Å². The van der Waals surface area contributed by atoms with Gasteiger partial charge in [0.25, 0.3) is 0 Å². The molecule has 36 heavy (non-hydrogen) atoms. The van der Waals surface area contributed by atoms with Gasteiger partial charge in [0.2, 0.25) is 0 Å². The SMILES string of the molecule is CC(C)OC(=O)c1cc(-c2nn(C)c(C(F)(F)F)c2Br)c(F)cc1Cl.N#Cc1cc(Br)c(O)c(Br)c1. The van der Waals surface area contributed by atoms with Gasteiger partial charge >= 0.3 is 12.1 Å². The Kier molecular flexibility index (Phi) is 9.98. The van der Waals surface area contributed by atoms with Gasteiger partial charge in [0.15, 0.2) is 5.69 Å². The van der Waals surface area contributed by atoms with Crippen LogP contribution in [-0.4, -0.2) is 27.0 Å². The maximum absolute atomic E-state index is 14.3. The highest BCUT2D eigenvalue weighted by Gasteiger charge is 2.39. The van der Waals surface area contributed by atoms with E-state index in [0.29, 0.717) is 19.2 Å². The number of aryl methyl sites for hydroxylation is 1. The van der Waals surface area contributed by atoms with Crippen LogP contribution in [0.4, 0.5) is 17.6 Å². The lowest BCUT2D eigenvalue weighted by atomic mass is 10.1. The number of carbonyl (C=O) groups excluding carboxylic acids is 1. The van der Waals surface area contributed by atoms with E-state index in [-0.39, 0.29) is 27.6 Å². The number of hydrogen-bond donors (Lipinski definition) is 1. The molecule has 0 unspecified atom stereocenters. The molecule has 1 aromatic heterocycles. The number of phenols is 1. The summed E-state index contributed by atoms with van der Waals surface area (Å²) in [7, 11) is 1.08. The predicted molar refractivity (Wildman–Crippen MR) is 135 cm³/mol. The van der Waals surface area contributed by atoms with Gasteiger partial charge in [0.1, 0.15) is 17.3 Å². The average molecular weight is 721 g/mol. The van der Waals surface area contributed by atoms with Crippen LogP contribution >= 0.6 is 59.4 Å². The number of rotatable bonds is 3. The van der Waals surface area contributed by atoms with Gasteiger partial charge in [-0.15, -0.1) is 0 Å². The van der Waals surface area contributed by atoms with Crippen molar-refractivity contribution in [3.63, 3.8) is 0 Å². The second-order valence-corrected chi connectivity index (χ2v) is 10.2. The van der Waals surface area contributed by atoms with E-state index in [0.717, 1.165) is 19.2 Å². The number of aromatic hydroxyl groups is 1. The molecule has 0 saturated carbocycles. The minimum atomic E-state index is -4.69. The molecular weight excluding hydrogens is 705 g/mol. The van der Waals surface area contributed by atoms with Crippen molar-refractivity contribution in [1.29, 1.82) is 5.26 Å². The lowest BCUT2D eigenvalue weighted by molar-refractivity contribution is -0.144. The molecule has 2 aromatic carbocycles. The van der Waals surface area contributed by atoms with E-state index < -0.39 is 34.2 Å². The van der Waals surface area contributed by atoms with Crippen LogP contribution in [0.1, 0.15) is 35.5 Å². The number of nitriles is 1. The molecule has 192 valence electrons. The van der Waals surface area contributed by atoms with E-state index in [1.807, 2.05) is 6.07 Å². The Morgan fingerprint density at radius 2 is 1.75 bits per heavy atom. The van der Waals surface area contributed by atoms with Gasteiger partial charge in [-0.05, 0) is 85.9 Å². The largest absolute Gasteiger partial charge is 0.506 e. The molecule has 0 radical (unpaired) electrons. The van der Waals surface area contributed by atoms with Gasteiger partial charge in [0, 0.05) is 12.6 Å². The number of alkyl halides is 3. The fraction of sp³-hybridized carbons (Fsp3) is 0.227. The molecule has 0 amide bonds. The number of esters is 1. The van der Waals surface area contributed by atoms with Crippen molar-refractivity contribution in [1.82, 2.24) is 9.78 Å². The summed E-state index contributed by atoms with van der Waals surface area (Å²) in [6, 6.07) is 6.93. The average Bonchev–Trinajstić information content (AvgIpc) is 3.05. The molecule has 0 atom stereocenters. The van der Waals surface area contributed by atoms with Crippen molar-refractivity contribution in [2.75, 3.05) is 0 Å². The number of aromatic nitrogens is 2. The number of ether oxygens (including phenoxy) is 1. The lowest BCUT2D eigenvalue weighted by Crippen LogP contribution is -2.12. The first kappa shape index (κ1) is 30.1. The highest BCUT2D eigenvalue weighted by molar-refractivity contribution is 9.11. The normalized spacial score (nSPS) is 11.1. The Labute approximate surface area is 233 Å². The van der Waals surface area contributed by atoms with E-state index in [4.69, 9.17) is 21.6 Å². The van der Waals surface area contributed by atoms with Crippen LogP contribution in [-0.2, 0) is 18.0 Å². The van der Waals surface area contributed by atoms with Crippen LogP contribution in [0.3, 0.4) is 0 Å². The fourth-order valence-corrected chi connectivity index (χ4v) is 4.96. The molecule has 14 heteroatoms. The van der Waals surface area contributed by atoms with E-state index in [1.54, 1.807) is 26.0 Å². The summed E-state index contributed by atoms with van der Waals surface area (Å²) in [6.07, 6.45) is -5.14. The zero-order valence-electron chi connectivity index (χ0n) is 18.5. The summed E-state index contributed by atoms with van der Waals surface area (Å²) < 4.78 is 59.7. The molecule has 0 saturated heterocycles. The van der Waals surface area contributed by atoms with Crippen LogP contribution in [0.2, 0.25) is 5.02 Å². The van der Waals surface area contributed by atoms with Crippen molar-refractivity contribution in [2.45, 2.75) is 26.1 Å². The van der Waals surface area contributed by atoms with Gasteiger partial charge in [-0.1, -0.05) is 11.6 Å². The maximum Gasteiger partial charge on any atom is 0.434 e. The van der Waals surface area contributed by atoms with Crippen LogP contribution in [0.15, 0.2) is 37.7 Å². The zero-order chi connectivity index (χ0) is 27.5. The number of carbonyl (C=O) groups is 1. The molecule has 0 fully saturated rings. The monoisotopic (exact) mass is 717 g/mol. The first-order valence-corrected chi connectivity index (χ1v) is 12.4. The van der Waals surface area contributed by atoms with E-state index >= 15 is 0 Å². The third-order valence-electron chi connectivity index (χ3n) is 4.28. The van der Waals surface area contributed by atoms with Gasteiger partial charge in [-0.2, -0.15) is 23.5 Å². The van der Waals surface area contributed by atoms with Crippen LogP contribution in [0.5, 0.6) is 5.75 Å². The van der Waals surface area contributed by atoms with Gasteiger partial charge in [0.05, 0.1) is 41.7 Å². The third-order valence-corrected chi connectivity index (χ3v) is 6.55. The summed E-state index contributed by atoms with van der Waals surface area (Å²) in [5.74, 6) is -1.62. The van der Waals surface area contributed by atoms with Crippen molar-refractivity contribution in [2.24, 2.45) is 7.05 Å². The van der Waals surface area contributed by atoms with Crippen molar-refractivity contribution >= 4 is 65.4 Å². The van der Waals surface area contributed by atoms with E-state index in [1.165, 1.54) is 0 Å². The number of phenolic OH excluding ortho intramolecular Hbond substituents is 1. The number of hydrogen-bond acceptors (Lipinski definition) is 5. The van der Waals surface area contributed by atoms with Crippen molar-refractivity contribution in [3.05, 3.63) is 65.3 Å². The van der Waals surface area contributed by atoms with E-state index in [9.17, 15) is 27.5 Å². The Morgan fingerprint density at radius 3 is 2.19 bits per heavy atom. The topological polar surface area (TPSA) is 88.1 Å². The minimum Gasteiger partial charge on any atom is -0.506 e. The van der Waals surface area contributed by atoms with Crippen molar-refractivity contribution < 1.29 is 32.2 Å². The molecule has 0 bridgehead atoms. The second-order valence-electron chi connectivity index (χ2n) is 7.30. The Bertz CT molecular complexity index is 1330. The van der Waals surface area contributed by atoms with Gasteiger partial charge in [-0.3, -0.25) is 4.68 Å². The van der Waals surface area contributed by atoms with Crippen LogP contribution in [0.25, 0.3) is 11.3 Å². The summed E-state index contributed by atoms with van der Waals surface area (Å²) in [5.41, 5.74) is -1.36. The highest BCUT2D eigenvalue weighted by atomic mass is 79.9. The molecule has 1 heterocycles. The molecule has 3 aromatic rings. The van der Waals surface area contributed by atoms with E-state index in [2.05, 4.69) is 52.9 Å². The smallest absolute Gasteiger partial charge is 0.434 e. The zero-order valence-corrected chi connectivity index (χ0v) is 24.0. The Morgan fingerprint density at radius 1 is 1.19 bits per heavy atom. The number of nitrogens with zero attached hydrogens (tertiary/aromatic N) is 3. The molecular formula is C22H15Br3ClF4N3O3. The minimum absolute atomic E-state index is 0.115. The quantitative estimate of drug-likeness (QED) is 0.219. The summed E-state index contributed by atoms with van der Waals surface area (Å²) >= 11 is 14.9. The highest BCUT2D eigenvalue weighted by Crippen LogP contribution is 2.41. The molecule has 0 aliphatic heterocycles. The van der Waals surface area contributed by atoms with Crippen LogP contribution in [0, 0.1) is 17.1 Å². The molecule has 0 aliphatic rings. The number of halogens is 8. The second kappa shape index (κ2) is 11.9. The third kappa shape index (κ3) is 7.00. The first-order chi connectivity index (χ1) is 16.6. The molecule has 6 nitrogen and oxygen atoms in total. The maximum atomic E-state index is 14.3. The standard InChI is InChI=1S/C15H12BrClF4N2O2.C7H3Br2NO/c1-6(2)25-14(24)7-4-8(10(18)5-9(7)17)12-11(16)13(15(19,20)21)23(3)22-12;8-5-1-4(3-10)2-6(9)7(5)11/h4-6H,1-3H3;1-2,11H. The van der Waals surface area contributed by atoms with Gasteiger partial charge in [-0.25, -0.2) is 9.18 Å². The summed E-state index contributed by atoms with van der Waals surface area (Å²) in [4.78, 5) is 12.0. The molecule has 0 spiro atoms. The fourth-order valence-electron chi connectivity index (χ4n) is 2.77. The Balaban J connectivity index is 0.000000346.